The van der Waals surface area contributed by atoms with E-state index in [1.165, 1.54) is 28.6 Å². The van der Waals surface area contributed by atoms with Crippen LogP contribution in [0.25, 0.3) is 0 Å². The molecule has 0 aliphatic carbocycles. The van der Waals surface area contributed by atoms with Crippen molar-refractivity contribution in [3.05, 3.63) is 48.0 Å². The van der Waals surface area contributed by atoms with Crippen LogP contribution in [0.1, 0.15) is 18.4 Å². The molecule has 0 atom stereocenters. The minimum Gasteiger partial charge on any atom is -0.378 e. The topological polar surface area (TPSA) is 96.0 Å². The molecule has 0 amide bonds. The van der Waals surface area contributed by atoms with Gasteiger partial charge in [-0.3, -0.25) is 4.72 Å². The lowest BCUT2D eigenvalue weighted by atomic mass is 10.1. The molecule has 10 heteroatoms. The van der Waals surface area contributed by atoms with Gasteiger partial charge in [-0.15, -0.1) is 0 Å². The van der Waals surface area contributed by atoms with Gasteiger partial charge in [0.2, 0.25) is 10.0 Å². The summed E-state index contributed by atoms with van der Waals surface area (Å²) in [6.45, 7) is 5.82. The molecule has 0 saturated carbocycles. The third kappa shape index (κ3) is 4.72. The summed E-state index contributed by atoms with van der Waals surface area (Å²) in [6, 6.07) is 11.0. The minimum atomic E-state index is -3.85. The number of nitrogens with one attached hydrogen (secondary N) is 1. The van der Waals surface area contributed by atoms with Crippen molar-refractivity contribution in [3.63, 3.8) is 0 Å². The highest BCUT2D eigenvalue weighted by Crippen LogP contribution is 2.27. The van der Waals surface area contributed by atoms with E-state index in [9.17, 15) is 16.8 Å². The molecule has 168 valence electrons. The zero-order valence-electron chi connectivity index (χ0n) is 17.5. The van der Waals surface area contributed by atoms with Crippen molar-refractivity contribution in [2.24, 2.45) is 0 Å². The van der Waals surface area contributed by atoms with Gasteiger partial charge in [0.05, 0.1) is 28.7 Å². The molecule has 2 aliphatic heterocycles. The van der Waals surface area contributed by atoms with Crippen LogP contribution < -0.4 is 9.62 Å². The molecule has 8 nitrogen and oxygen atoms in total. The highest BCUT2D eigenvalue weighted by Gasteiger charge is 2.27. The largest absolute Gasteiger partial charge is 0.378 e. The Morgan fingerprint density at radius 1 is 0.839 bits per heavy atom. The SMILES string of the molecule is Cc1cc(N2CCOCC2)ccc1NS(=O)(=O)c1ccc(S(=O)(=O)N2CCCC2)cc1. The average molecular weight is 466 g/mol. The van der Waals surface area contributed by atoms with Crippen LogP contribution in [0.2, 0.25) is 0 Å². The molecule has 0 radical (unpaired) electrons. The molecule has 2 heterocycles. The average Bonchev–Trinajstić information content (AvgIpc) is 3.32. The lowest BCUT2D eigenvalue weighted by Crippen LogP contribution is -2.36. The zero-order chi connectivity index (χ0) is 22.1. The number of aryl methyl sites for hydroxylation is 1. The third-order valence-electron chi connectivity index (χ3n) is 5.67. The molecule has 1 N–H and O–H groups in total. The molecule has 4 rings (SSSR count). The monoisotopic (exact) mass is 465 g/mol. The fraction of sp³-hybridized carbons (Fsp3) is 0.429. The fourth-order valence-corrected chi connectivity index (χ4v) is 6.50. The van der Waals surface area contributed by atoms with Gasteiger partial charge in [0, 0.05) is 31.9 Å². The van der Waals surface area contributed by atoms with E-state index in [2.05, 4.69) is 9.62 Å². The van der Waals surface area contributed by atoms with Crippen LogP contribution in [-0.2, 0) is 24.8 Å². The Balaban J connectivity index is 1.51. The first-order valence-corrected chi connectivity index (χ1v) is 13.3. The summed E-state index contributed by atoms with van der Waals surface area (Å²) in [4.78, 5) is 2.33. The van der Waals surface area contributed by atoms with Crippen LogP contribution in [0.3, 0.4) is 0 Å². The molecular weight excluding hydrogens is 438 g/mol. The van der Waals surface area contributed by atoms with Crippen molar-refractivity contribution < 1.29 is 21.6 Å². The zero-order valence-corrected chi connectivity index (χ0v) is 19.1. The van der Waals surface area contributed by atoms with E-state index in [1.807, 2.05) is 19.1 Å². The van der Waals surface area contributed by atoms with Gasteiger partial charge in [-0.25, -0.2) is 16.8 Å². The number of benzene rings is 2. The lowest BCUT2D eigenvalue weighted by molar-refractivity contribution is 0.122. The second kappa shape index (κ2) is 8.78. The van der Waals surface area contributed by atoms with Crippen LogP contribution in [0.15, 0.2) is 52.3 Å². The van der Waals surface area contributed by atoms with E-state index >= 15 is 0 Å². The van der Waals surface area contributed by atoms with Gasteiger partial charge in [0.25, 0.3) is 10.0 Å². The van der Waals surface area contributed by atoms with E-state index in [0.29, 0.717) is 32.0 Å². The van der Waals surface area contributed by atoms with Crippen molar-refractivity contribution in [1.82, 2.24) is 4.31 Å². The number of ether oxygens (including phenoxy) is 1. The predicted molar refractivity (Wildman–Crippen MR) is 119 cm³/mol. The summed E-state index contributed by atoms with van der Waals surface area (Å²) in [5, 5.41) is 0. The molecule has 0 unspecified atom stereocenters. The van der Waals surface area contributed by atoms with Gasteiger partial charge in [0.1, 0.15) is 0 Å². The first-order valence-electron chi connectivity index (χ1n) is 10.3. The molecule has 2 aromatic rings. The van der Waals surface area contributed by atoms with Crippen molar-refractivity contribution in [3.8, 4) is 0 Å². The van der Waals surface area contributed by atoms with Gasteiger partial charge >= 0.3 is 0 Å². The Bertz CT molecular complexity index is 1140. The van der Waals surface area contributed by atoms with Crippen molar-refractivity contribution in [2.45, 2.75) is 29.6 Å². The molecule has 0 spiro atoms. The maximum atomic E-state index is 12.9. The van der Waals surface area contributed by atoms with Crippen LogP contribution in [0.5, 0.6) is 0 Å². The standard InChI is InChI=1S/C21H27N3O5S2/c1-17-16-18(23-12-14-29-15-13-23)4-9-21(17)22-30(25,26)19-5-7-20(8-6-19)31(27,28)24-10-2-3-11-24/h4-9,16,22H,2-3,10-15H2,1H3. The van der Waals surface area contributed by atoms with Crippen LogP contribution in [0.4, 0.5) is 11.4 Å². The second-order valence-electron chi connectivity index (χ2n) is 7.79. The number of hydrogen-bond acceptors (Lipinski definition) is 6. The molecule has 0 bridgehead atoms. The first-order chi connectivity index (χ1) is 14.8. The van der Waals surface area contributed by atoms with Gasteiger partial charge in [0.15, 0.2) is 0 Å². The Morgan fingerprint density at radius 3 is 2.06 bits per heavy atom. The van der Waals surface area contributed by atoms with Crippen molar-refractivity contribution in [1.29, 1.82) is 0 Å². The number of nitrogens with zero attached hydrogens (tertiary/aromatic N) is 2. The third-order valence-corrected chi connectivity index (χ3v) is 8.96. The van der Waals surface area contributed by atoms with Gasteiger partial charge < -0.3 is 9.64 Å². The van der Waals surface area contributed by atoms with Crippen molar-refractivity contribution >= 4 is 31.4 Å². The summed E-state index contributed by atoms with van der Waals surface area (Å²) in [5.74, 6) is 0. The molecule has 2 aromatic carbocycles. The first kappa shape index (κ1) is 22.1. The van der Waals surface area contributed by atoms with Crippen LogP contribution in [-0.4, -0.2) is 60.5 Å². The lowest BCUT2D eigenvalue weighted by Gasteiger charge is -2.29. The van der Waals surface area contributed by atoms with E-state index in [0.717, 1.165) is 37.2 Å². The van der Waals surface area contributed by atoms with E-state index < -0.39 is 20.0 Å². The van der Waals surface area contributed by atoms with Crippen molar-refractivity contribution in [2.75, 3.05) is 49.0 Å². The Kier molecular flexibility index (Phi) is 6.25. The minimum absolute atomic E-state index is 0.0181. The number of sulfonamides is 2. The summed E-state index contributed by atoms with van der Waals surface area (Å²) < 4.78 is 60.4. The summed E-state index contributed by atoms with van der Waals surface area (Å²) in [5.41, 5.74) is 2.33. The quantitative estimate of drug-likeness (QED) is 0.704. The fourth-order valence-electron chi connectivity index (χ4n) is 3.85. The maximum absolute atomic E-state index is 12.9. The van der Waals surface area contributed by atoms with E-state index in [-0.39, 0.29) is 9.79 Å². The molecule has 2 fully saturated rings. The second-order valence-corrected chi connectivity index (χ2v) is 11.4. The maximum Gasteiger partial charge on any atom is 0.261 e. The van der Waals surface area contributed by atoms with Gasteiger partial charge in [-0.2, -0.15) is 4.31 Å². The Hall–Kier alpha value is -2.14. The van der Waals surface area contributed by atoms with Crippen LogP contribution in [0, 0.1) is 6.92 Å². The number of morpholine rings is 1. The summed E-state index contributed by atoms with van der Waals surface area (Å²) in [6.07, 6.45) is 1.69. The predicted octanol–water partition coefficient (Wildman–Crippen LogP) is 2.42. The highest BCUT2D eigenvalue weighted by molar-refractivity contribution is 7.92. The van der Waals surface area contributed by atoms with Crippen LogP contribution >= 0.6 is 0 Å². The van der Waals surface area contributed by atoms with Gasteiger partial charge in [-0.05, 0) is 67.8 Å². The molecule has 0 aromatic heterocycles. The smallest absolute Gasteiger partial charge is 0.261 e. The number of anilines is 2. The number of hydrogen-bond donors (Lipinski definition) is 1. The number of rotatable bonds is 6. The normalized spacial score (nSPS) is 18.3. The molecular formula is C21H27N3O5S2. The Morgan fingerprint density at radius 2 is 1.45 bits per heavy atom. The molecule has 2 aliphatic rings. The summed E-state index contributed by atoms with van der Waals surface area (Å²) >= 11 is 0. The van der Waals surface area contributed by atoms with Gasteiger partial charge in [-0.1, -0.05) is 0 Å². The molecule has 31 heavy (non-hydrogen) atoms. The Labute approximate surface area is 183 Å². The van der Waals surface area contributed by atoms with E-state index in [4.69, 9.17) is 4.74 Å². The summed E-state index contributed by atoms with van der Waals surface area (Å²) in [7, 11) is -7.42. The van der Waals surface area contributed by atoms with E-state index in [1.54, 1.807) is 6.07 Å². The molecule has 2 saturated heterocycles. The highest BCUT2D eigenvalue weighted by atomic mass is 32.2.